The zero-order valence-electron chi connectivity index (χ0n) is 11.2. The average molecular weight is 302 g/mol. The molecule has 2 heterocycles. The van der Waals surface area contributed by atoms with Gasteiger partial charge in [0.2, 0.25) is 0 Å². The number of rotatable bonds is 3. The molecule has 3 rings (SSSR count). The van der Waals surface area contributed by atoms with Gasteiger partial charge in [0.1, 0.15) is 11.1 Å². The van der Waals surface area contributed by atoms with Gasteiger partial charge in [-0.25, -0.2) is 9.97 Å². The second kappa shape index (κ2) is 5.44. The second-order valence-corrected chi connectivity index (χ2v) is 6.62. The number of aromatic nitrogens is 2. The number of aliphatic hydroxyl groups excluding tert-OH is 1. The van der Waals surface area contributed by atoms with Crippen molar-refractivity contribution < 1.29 is 5.11 Å². The lowest BCUT2D eigenvalue weighted by Gasteiger charge is -2.06. The van der Waals surface area contributed by atoms with E-state index in [0.29, 0.717) is 0 Å². The van der Waals surface area contributed by atoms with Gasteiger partial charge in [0.15, 0.2) is 0 Å². The van der Waals surface area contributed by atoms with Crippen molar-refractivity contribution in [3.63, 3.8) is 0 Å². The molecule has 1 aromatic carbocycles. The van der Waals surface area contributed by atoms with Crippen molar-refractivity contribution in [2.24, 2.45) is 0 Å². The Kier molecular flexibility index (Phi) is 3.65. The summed E-state index contributed by atoms with van der Waals surface area (Å²) < 4.78 is 0. The molecule has 0 aliphatic rings. The van der Waals surface area contributed by atoms with Crippen molar-refractivity contribution in [2.75, 3.05) is 0 Å². The molecule has 0 fully saturated rings. The zero-order valence-corrected chi connectivity index (χ0v) is 12.8. The van der Waals surface area contributed by atoms with Crippen LogP contribution >= 0.6 is 22.7 Å². The summed E-state index contributed by atoms with van der Waals surface area (Å²) in [6.07, 6.45) is -0.663. The van der Waals surface area contributed by atoms with Gasteiger partial charge >= 0.3 is 0 Å². The van der Waals surface area contributed by atoms with Gasteiger partial charge in [0.05, 0.1) is 21.3 Å². The number of benzene rings is 1. The molecule has 2 aromatic heterocycles. The number of hydrogen-bond donors (Lipinski definition) is 1. The van der Waals surface area contributed by atoms with E-state index in [1.165, 1.54) is 11.3 Å². The largest absolute Gasteiger partial charge is 0.381 e. The van der Waals surface area contributed by atoms with E-state index < -0.39 is 6.10 Å². The minimum Gasteiger partial charge on any atom is -0.381 e. The zero-order chi connectivity index (χ0) is 14.1. The fraction of sp³-hybridized carbons (Fsp3) is 0.200. The maximum Gasteiger partial charge on any atom is 0.131 e. The molecule has 3 aromatic rings. The van der Waals surface area contributed by atoms with Gasteiger partial charge in [-0.2, -0.15) is 0 Å². The van der Waals surface area contributed by atoms with Crippen molar-refractivity contribution in [2.45, 2.75) is 20.0 Å². The van der Waals surface area contributed by atoms with Gasteiger partial charge in [-0.1, -0.05) is 30.3 Å². The number of aryl methyl sites for hydroxylation is 2. The Bertz CT molecular complexity index is 719. The van der Waals surface area contributed by atoms with Crippen LogP contribution in [0.3, 0.4) is 0 Å². The summed E-state index contributed by atoms with van der Waals surface area (Å²) in [7, 11) is 0. The SMILES string of the molecule is Cc1nc(C)c(-c2csc(C(O)c3ccccc3)n2)s1. The van der Waals surface area contributed by atoms with Gasteiger partial charge in [0, 0.05) is 5.38 Å². The van der Waals surface area contributed by atoms with E-state index in [2.05, 4.69) is 9.97 Å². The van der Waals surface area contributed by atoms with Gasteiger partial charge in [-0.15, -0.1) is 22.7 Å². The van der Waals surface area contributed by atoms with E-state index in [1.54, 1.807) is 11.3 Å². The summed E-state index contributed by atoms with van der Waals surface area (Å²) in [5.74, 6) is 0. The number of hydrogen-bond acceptors (Lipinski definition) is 5. The Labute approximate surface area is 125 Å². The standard InChI is InChI=1S/C15H14N2OS2/c1-9-14(20-10(2)16-9)12-8-19-15(17-12)13(18)11-6-4-3-5-7-11/h3-8,13,18H,1-2H3. The van der Waals surface area contributed by atoms with Crippen molar-refractivity contribution in [3.05, 3.63) is 57.0 Å². The molecule has 0 amide bonds. The van der Waals surface area contributed by atoms with Crippen LogP contribution in [0.1, 0.15) is 27.4 Å². The Balaban J connectivity index is 1.93. The lowest BCUT2D eigenvalue weighted by atomic mass is 10.1. The maximum absolute atomic E-state index is 10.4. The van der Waals surface area contributed by atoms with E-state index in [0.717, 1.165) is 31.8 Å². The predicted octanol–water partition coefficient (Wildman–Crippen LogP) is 3.97. The van der Waals surface area contributed by atoms with E-state index >= 15 is 0 Å². The lowest BCUT2D eigenvalue weighted by Crippen LogP contribution is -1.98. The quantitative estimate of drug-likeness (QED) is 0.796. The molecule has 3 nitrogen and oxygen atoms in total. The van der Waals surface area contributed by atoms with Crippen LogP contribution in [0, 0.1) is 13.8 Å². The van der Waals surface area contributed by atoms with Crippen molar-refractivity contribution in [3.8, 4) is 10.6 Å². The highest BCUT2D eigenvalue weighted by atomic mass is 32.1. The molecule has 1 N–H and O–H groups in total. The summed E-state index contributed by atoms with van der Waals surface area (Å²) in [5, 5.41) is 14.1. The first kappa shape index (κ1) is 13.4. The minimum atomic E-state index is -0.663. The normalized spacial score (nSPS) is 12.6. The Morgan fingerprint density at radius 1 is 1.10 bits per heavy atom. The molecule has 0 radical (unpaired) electrons. The maximum atomic E-state index is 10.4. The Morgan fingerprint density at radius 3 is 2.50 bits per heavy atom. The van der Waals surface area contributed by atoms with E-state index in [1.807, 2.05) is 49.6 Å². The third-order valence-electron chi connectivity index (χ3n) is 3.01. The number of thiazole rings is 2. The monoisotopic (exact) mass is 302 g/mol. The lowest BCUT2D eigenvalue weighted by molar-refractivity contribution is 0.220. The second-order valence-electron chi connectivity index (χ2n) is 4.53. The molecular formula is C15H14N2OS2. The smallest absolute Gasteiger partial charge is 0.131 e. The number of aliphatic hydroxyl groups is 1. The number of nitrogens with zero attached hydrogens (tertiary/aromatic N) is 2. The van der Waals surface area contributed by atoms with E-state index in [4.69, 9.17) is 0 Å². The average Bonchev–Trinajstić information content (AvgIpc) is 3.05. The van der Waals surface area contributed by atoms with Crippen molar-refractivity contribution in [1.82, 2.24) is 9.97 Å². The molecule has 0 bridgehead atoms. The molecule has 5 heteroatoms. The first-order valence-corrected chi connectivity index (χ1v) is 7.97. The fourth-order valence-electron chi connectivity index (χ4n) is 2.06. The van der Waals surface area contributed by atoms with Crippen molar-refractivity contribution in [1.29, 1.82) is 0 Å². The van der Waals surface area contributed by atoms with Crippen LogP contribution < -0.4 is 0 Å². The van der Waals surface area contributed by atoms with Gasteiger partial charge < -0.3 is 5.11 Å². The molecule has 20 heavy (non-hydrogen) atoms. The van der Waals surface area contributed by atoms with Gasteiger partial charge in [-0.3, -0.25) is 0 Å². The Morgan fingerprint density at radius 2 is 1.85 bits per heavy atom. The Hall–Kier alpha value is -1.56. The molecule has 1 atom stereocenters. The highest BCUT2D eigenvalue weighted by Gasteiger charge is 2.17. The topological polar surface area (TPSA) is 46.0 Å². The highest BCUT2D eigenvalue weighted by molar-refractivity contribution is 7.16. The van der Waals surface area contributed by atoms with Crippen LogP contribution in [0.15, 0.2) is 35.7 Å². The fourth-order valence-corrected chi connectivity index (χ4v) is 3.84. The van der Waals surface area contributed by atoms with Crippen molar-refractivity contribution >= 4 is 22.7 Å². The van der Waals surface area contributed by atoms with Crippen LogP contribution in [0.5, 0.6) is 0 Å². The first-order valence-electron chi connectivity index (χ1n) is 6.28. The van der Waals surface area contributed by atoms with Crippen LogP contribution in [-0.2, 0) is 0 Å². The first-order chi connectivity index (χ1) is 9.65. The molecule has 0 aliphatic carbocycles. The highest BCUT2D eigenvalue weighted by Crippen LogP contribution is 2.33. The molecule has 102 valence electrons. The molecular weight excluding hydrogens is 288 g/mol. The van der Waals surface area contributed by atoms with E-state index in [9.17, 15) is 5.11 Å². The summed E-state index contributed by atoms with van der Waals surface area (Å²) in [6.45, 7) is 3.98. The van der Waals surface area contributed by atoms with Crippen LogP contribution in [0.4, 0.5) is 0 Å². The predicted molar refractivity (Wildman–Crippen MR) is 83.2 cm³/mol. The third-order valence-corrected chi connectivity index (χ3v) is 5.00. The van der Waals surface area contributed by atoms with Crippen LogP contribution in [0.2, 0.25) is 0 Å². The summed E-state index contributed by atoms with van der Waals surface area (Å²) in [4.78, 5) is 10.1. The van der Waals surface area contributed by atoms with Crippen LogP contribution in [-0.4, -0.2) is 15.1 Å². The molecule has 0 saturated carbocycles. The minimum absolute atomic E-state index is 0.663. The third kappa shape index (κ3) is 2.52. The summed E-state index contributed by atoms with van der Waals surface area (Å²) in [6, 6.07) is 9.60. The molecule has 0 aliphatic heterocycles. The van der Waals surface area contributed by atoms with E-state index in [-0.39, 0.29) is 0 Å². The van der Waals surface area contributed by atoms with Gasteiger partial charge in [0.25, 0.3) is 0 Å². The van der Waals surface area contributed by atoms with Crippen LogP contribution in [0.25, 0.3) is 10.6 Å². The molecule has 1 unspecified atom stereocenters. The molecule has 0 saturated heterocycles. The summed E-state index contributed by atoms with van der Waals surface area (Å²) in [5.41, 5.74) is 2.77. The van der Waals surface area contributed by atoms with Gasteiger partial charge in [-0.05, 0) is 19.4 Å². The molecule has 0 spiro atoms. The summed E-state index contributed by atoms with van der Waals surface area (Å²) >= 11 is 3.12.